The first kappa shape index (κ1) is 29.4. The lowest BCUT2D eigenvalue weighted by Gasteiger charge is -2.26. The minimum absolute atomic E-state index is 0.287. The maximum absolute atomic E-state index is 11.3. The topological polar surface area (TPSA) is 54.0 Å². The lowest BCUT2D eigenvalue weighted by molar-refractivity contribution is -0.138. The second-order valence-corrected chi connectivity index (χ2v) is 29.1. The van der Waals surface area contributed by atoms with Crippen molar-refractivity contribution in [2.24, 2.45) is 0 Å². The first-order valence-corrected chi connectivity index (χ1v) is 25.4. The van der Waals surface area contributed by atoms with Crippen molar-refractivity contribution in [3.63, 3.8) is 0 Å². The molecule has 0 N–H and O–H groups in total. The van der Waals surface area contributed by atoms with Gasteiger partial charge in [0.15, 0.2) is 25.0 Å². The molecule has 0 amide bonds. The van der Waals surface area contributed by atoms with Crippen molar-refractivity contribution < 1.29 is 21.9 Å². The molecule has 0 aromatic carbocycles. The molecule has 0 aliphatic heterocycles. The molecule has 0 aromatic rings. The van der Waals surface area contributed by atoms with Gasteiger partial charge in [0.1, 0.15) is 29.3 Å². The first-order valence-electron chi connectivity index (χ1n) is 11.0. The van der Waals surface area contributed by atoms with Gasteiger partial charge in [-0.3, -0.25) is 0 Å². The minimum Gasteiger partial charge on any atom is -0.462 e. The van der Waals surface area contributed by atoms with Crippen LogP contribution in [0.3, 0.4) is 0 Å². The van der Waals surface area contributed by atoms with Crippen LogP contribution in [0.25, 0.3) is 0 Å². The molecule has 0 fully saturated rings. The van der Waals surface area contributed by atoms with Crippen molar-refractivity contribution in [1.82, 2.24) is 0 Å². The number of carbonyl (C=O) groups excluding carboxylic acids is 1. The van der Waals surface area contributed by atoms with Crippen molar-refractivity contribution in [3.8, 4) is 0 Å². The summed E-state index contributed by atoms with van der Waals surface area (Å²) in [5.74, 6) is -0.287. The van der Waals surface area contributed by atoms with E-state index in [2.05, 4.69) is 52.4 Å². The van der Waals surface area contributed by atoms with E-state index >= 15 is 0 Å². The summed E-state index contributed by atoms with van der Waals surface area (Å²) in [6.45, 7) is 22.0. The molecule has 0 bridgehead atoms. The maximum Gasteiger partial charge on any atom is 0.333 e. The summed E-state index contributed by atoms with van der Waals surface area (Å²) in [6.07, 6.45) is 0.901. The fraction of sp³-hybridized carbons (Fsp3) is 0.833. The van der Waals surface area contributed by atoms with E-state index in [1.165, 1.54) is 24.2 Å². The first-order chi connectivity index (χ1) is 13.2. The number of hydrogen-bond donors (Lipinski definition) is 0. The summed E-state index contributed by atoms with van der Waals surface area (Å²) < 4.78 is 24.0. The highest BCUT2D eigenvalue weighted by atomic mass is 28.4. The fourth-order valence-corrected chi connectivity index (χ4v) is 20.8. The average Bonchev–Trinajstić information content (AvgIpc) is 2.57. The number of esters is 1. The second-order valence-electron chi connectivity index (χ2n) is 10.0. The summed E-state index contributed by atoms with van der Waals surface area (Å²) in [5, 5.41) is 0. The lowest BCUT2D eigenvalue weighted by Crippen LogP contribution is -2.35. The second kappa shape index (κ2) is 14.5. The van der Waals surface area contributed by atoms with E-state index in [-0.39, 0.29) is 15.7 Å². The van der Waals surface area contributed by atoms with Crippen LogP contribution in [0.15, 0.2) is 12.2 Å². The van der Waals surface area contributed by atoms with Crippen molar-refractivity contribution in [2.75, 3.05) is 6.61 Å². The van der Waals surface area contributed by atoms with E-state index in [1.807, 2.05) is 0 Å². The highest BCUT2D eigenvalue weighted by molar-refractivity contribution is 6.78. The molecule has 0 aliphatic rings. The number of carbonyl (C=O) groups is 1. The van der Waals surface area contributed by atoms with Gasteiger partial charge in [-0.15, -0.1) is 0 Å². The standard InChI is InChI=1S/C18H46O5Si6/c1-17(2)18(19)20-11-10-12-24-22-28(6,7)16-14-26-23-29(8,9)15-13-25-21-27(3,4)5/h1,10-16,24-26H2,2-9H3. The minimum atomic E-state index is -1.55. The Morgan fingerprint density at radius 2 is 1.24 bits per heavy atom. The van der Waals surface area contributed by atoms with Gasteiger partial charge in [-0.25, -0.2) is 4.79 Å². The molecule has 0 spiro atoms. The molecule has 5 nitrogen and oxygen atoms in total. The summed E-state index contributed by atoms with van der Waals surface area (Å²) in [6, 6.07) is 6.06. The highest BCUT2D eigenvalue weighted by Crippen LogP contribution is 2.18. The van der Waals surface area contributed by atoms with Gasteiger partial charge in [0, 0.05) is 5.57 Å². The Balaban J connectivity index is 3.81. The molecule has 29 heavy (non-hydrogen) atoms. The maximum atomic E-state index is 11.3. The predicted octanol–water partition coefficient (Wildman–Crippen LogP) is 3.30. The van der Waals surface area contributed by atoms with Crippen molar-refractivity contribution in [3.05, 3.63) is 12.2 Å². The summed E-state index contributed by atoms with van der Waals surface area (Å²) in [4.78, 5) is 11.3. The third kappa shape index (κ3) is 18.8. The van der Waals surface area contributed by atoms with Gasteiger partial charge < -0.3 is 17.1 Å². The largest absolute Gasteiger partial charge is 0.462 e. The smallest absolute Gasteiger partial charge is 0.333 e. The Morgan fingerprint density at radius 3 is 1.69 bits per heavy atom. The van der Waals surface area contributed by atoms with Gasteiger partial charge in [-0.05, 0) is 89.4 Å². The van der Waals surface area contributed by atoms with Gasteiger partial charge in [-0.2, -0.15) is 0 Å². The molecular formula is C18H46O5Si6. The van der Waals surface area contributed by atoms with Crippen LogP contribution in [0, 0.1) is 0 Å². The molecule has 0 saturated carbocycles. The normalized spacial score (nSPS) is 14.1. The van der Waals surface area contributed by atoms with E-state index in [4.69, 9.17) is 17.1 Å². The molecule has 0 unspecified atom stereocenters. The molecule has 0 rings (SSSR count). The van der Waals surface area contributed by atoms with Crippen LogP contribution in [-0.4, -0.2) is 66.8 Å². The molecule has 0 radical (unpaired) electrons. The summed E-state index contributed by atoms with van der Waals surface area (Å²) in [7, 11) is -5.67. The molecule has 0 heterocycles. The van der Waals surface area contributed by atoms with Gasteiger partial charge in [0.2, 0.25) is 0 Å². The molecule has 11 heteroatoms. The SMILES string of the molecule is C=C(C)C(=O)OCCC[SiH2]O[Si](C)(C)CC[SiH2]O[Si](C)(C)CC[SiH2]O[Si](C)(C)C. The van der Waals surface area contributed by atoms with Crippen LogP contribution >= 0.6 is 0 Å². The monoisotopic (exact) mass is 510 g/mol. The zero-order valence-corrected chi connectivity index (χ0v) is 27.6. The van der Waals surface area contributed by atoms with E-state index < -0.39 is 44.5 Å². The van der Waals surface area contributed by atoms with Crippen LogP contribution in [0.2, 0.25) is 76.0 Å². The zero-order valence-electron chi connectivity index (χ0n) is 20.3. The number of ether oxygens (including phenoxy) is 1. The fourth-order valence-electron chi connectivity index (χ4n) is 2.71. The van der Waals surface area contributed by atoms with Crippen molar-refractivity contribution in [2.45, 2.75) is 89.4 Å². The molecule has 0 aliphatic carbocycles. The van der Waals surface area contributed by atoms with Gasteiger partial charge in [0.25, 0.3) is 0 Å². The van der Waals surface area contributed by atoms with E-state index in [0.29, 0.717) is 12.2 Å². The number of hydrogen-bond acceptors (Lipinski definition) is 5. The molecule has 0 aromatic heterocycles. The van der Waals surface area contributed by atoms with Crippen LogP contribution in [0.5, 0.6) is 0 Å². The van der Waals surface area contributed by atoms with Gasteiger partial charge in [-0.1, -0.05) is 6.58 Å². The Labute approximate surface area is 189 Å². The Bertz CT molecular complexity index is 494. The van der Waals surface area contributed by atoms with Gasteiger partial charge in [0.05, 0.1) is 6.61 Å². The van der Waals surface area contributed by atoms with Crippen LogP contribution in [0.4, 0.5) is 0 Å². The predicted molar refractivity (Wildman–Crippen MR) is 142 cm³/mol. The van der Waals surface area contributed by atoms with Crippen molar-refractivity contribution in [1.29, 1.82) is 0 Å². The number of rotatable bonds is 17. The van der Waals surface area contributed by atoms with E-state index in [1.54, 1.807) is 6.92 Å². The summed E-state index contributed by atoms with van der Waals surface area (Å²) in [5.41, 5.74) is 0.464. The lowest BCUT2D eigenvalue weighted by atomic mass is 10.4. The quantitative estimate of drug-likeness (QED) is 0.130. The van der Waals surface area contributed by atoms with Crippen molar-refractivity contribution >= 4 is 60.2 Å². The Morgan fingerprint density at radius 1 is 0.793 bits per heavy atom. The van der Waals surface area contributed by atoms with Crippen LogP contribution < -0.4 is 0 Å². The Hall–Kier alpha value is 0.391. The molecule has 0 atom stereocenters. The molecule has 0 saturated heterocycles. The van der Waals surface area contributed by atoms with Crippen LogP contribution in [-0.2, 0) is 21.9 Å². The zero-order chi connectivity index (χ0) is 22.6. The molecule has 172 valence electrons. The summed E-state index contributed by atoms with van der Waals surface area (Å²) >= 11 is 0. The van der Waals surface area contributed by atoms with E-state index in [0.717, 1.165) is 12.5 Å². The van der Waals surface area contributed by atoms with E-state index in [9.17, 15) is 4.79 Å². The highest BCUT2D eigenvalue weighted by Gasteiger charge is 2.25. The third-order valence-corrected chi connectivity index (χ3v) is 23.3. The van der Waals surface area contributed by atoms with Crippen LogP contribution in [0.1, 0.15) is 13.3 Å². The third-order valence-electron chi connectivity index (χ3n) is 4.49. The Kier molecular flexibility index (Phi) is 14.6. The molecular weight excluding hydrogens is 465 g/mol. The van der Waals surface area contributed by atoms with Gasteiger partial charge >= 0.3 is 5.97 Å². The average molecular weight is 511 g/mol.